The minimum Gasteiger partial charge on any atom is -0.463 e. The lowest BCUT2D eigenvalue weighted by molar-refractivity contribution is 0.285. The summed E-state index contributed by atoms with van der Waals surface area (Å²) in [5.74, 6) is 0.892. The van der Waals surface area contributed by atoms with Crippen molar-refractivity contribution in [1.82, 2.24) is 15.0 Å². The quantitative estimate of drug-likeness (QED) is 0.870. The first-order valence-corrected chi connectivity index (χ1v) is 6.49. The third kappa shape index (κ3) is 4.04. The molecule has 0 spiro atoms. The fraction of sp³-hybridized carbons (Fsp3) is 0.286. The number of ether oxygens (including phenoxy) is 2. The molecule has 1 aromatic carbocycles. The number of nitrogens with one attached hydrogen (secondary N) is 1. The number of aromatic nitrogens is 3. The fourth-order valence-corrected chi connectivity index (χ4v) is 1.46. The number of hydrogen-bond donors (Lipinski definition) is 1. The van der Waals surface area contributed by atoms with Crippen LogP contribution in [0, 0.1) is 11.3 Å². The Bertz CT molecular complexity index is 637. The lowest BCUT2D eigenvalue weighted by Gasteiger charge is -2.08. The van der Waals surface area contributed by atoms with E-state index in [9.17, 15) is 0 Å². The van der Waals surface area contributed by atoms with E-state index in [4.69, 9.17) is 14.7 Å². The smallest absolute Gasteiger partial charge is 0.330 e. The van der Waals surface area contributed by atoms with Gasteiger partial charge in [0.1, 0.15) is 5.75 Å². The lowest BCUT2D eigenvalue weighted by Crippen LogP contribution is -2.06. The predicted molar refractivity (Wildman–Crippen MR) is 76.4 cm³/mol. The molecule has 7 nitrogen and oxygen atoms in total. The molecule has 21 heavy (non-hydrogen) atoms. The first kappa shape index (κ1) is 14.5. The number of hydrogen-bond acceptors (Lipinski definition) is 7. The maximum atomic E-state index is 8.76. The molecule has 0 aliphatic carbocycles. The van der Waals surface area contributed by atoms with Crippen molar-refractivity contribution in [1.29, 1.82) is 5.26 Å². The van der Waals surface area contributed by atoms with E-state index in [0.29, 0.717) is 23.9 Å². The van der Waals surface area contributed by atoms with Crippen LogP contribution in [0.1, 0.15) is 18.9 Å². The van der Waals surface area contributed by atoms with Crippen LogP contribution in [-0.4, -0.2) is 28.6 Å². The largest absolute Gasteiger partial charge is 0.463 e. The first-order chi connectivity index (χ1) is 10.2. The highest BCUT2D eigenvalue weighted by atomic mass is 16.5. The van der Waals surface area contributed by atoms with Crippen LogP contribution in [0.15, 0.2) is 24.3 Å². The Kier molecular flexibility index (Phi) is 4.88. The van der Waals surface area contributed by atoms with Crippen molar-refractivity contribution in [3.8, 4) is 23.8 Å². The third-order valence-electron chi connectivity index (χ3n) is 2.45. The summed E-state index contributed by atoms with van der Waals surface area (Å²) in [4.78, 5) is 12.3. The minimum absolute atomic E-state index is 0.130. The van der Waals surface area contributed by atoms with E-state index in [-0.39, 0.29) is 12.0 Å². The zero-order valence-electron chi connectivity index (χ0n) is 11.8. The van der Waals surface area contributed by atoms with E-state index in [0.717, 1.165) is 6.42 Å². The number of anilines is 1. The molecule has 0 radical (unpaired) electrons. The van der Waals surface area contributed by atoms with Crippen LogP contribution in [0.5, 0.6) is 17.8 Å². The number of nitrogens with zero attached hydrogens (tertiary/aromatic N) is 4. The van der Waals surface area contributed by atoms with Gasteiger partial charge in [0, 0.05) is 7.05 Å². The molecule has 1 N–H and O–H groups in total. The Balaban J connectivity index is 2.19. The van der Waals surface area contributed by atoms with Crippen LogP contribution >= 0.6 is 0 Å². The highest BCUT2D eigenvalue weighted by molar-refractivity contribution is 5.36. The van der Waals surface area contributed by atoms with Crippen LogP contribution in [-0.2, 0) is 0 Å². The number of benzene rings is 1. The molecule has 0 saturated carbocycles. The Morgan fingerprint density at radius 1 is 1.14 bits per heavy atom. The zero-order valence-corrected chi connectivity index (χ0v) is 11.8. The molecule has 0 saturated heterocycles. The molecule has 0 bridgehead atoms. The van der Waals surface area contributed by atoms with Gasteiger partial charge < -0.3 is 14.8 Å². The van der Waals surface area contributed by atoms with Gasteiger partial charge in [0.15, 0.2) is 0 Å². The predicted octanol–water partition coefficient (Wildman–Crippen LogP) is 2.37. The lowest BCUT2D eigenvalue weighted by atomic mass is 10.2. The van der Waals surface area contributed by atoms with Crippen LogP contribution < -0.4 is 14.8 Å². The Labute approximate surface area is 122 Å². The van der Waals surface area contributed by atoms with Gasteiger partial charge in [-0.3, -0.25) is 0 Å². The van der Waals surface area contributed by atoms with Crippen molar-refractivity contribution in [3.05, 3.63) is 29.8 Å². The van der Waals surface area contributed by atoms with Gasteiger partial charge in [-0.1, -0.05) is 6.92 Å². The van der Waals surface area contributed by atoms with E-state index in [2.05, 4.69) is 20.3 Å². The van der Waals surface area contributed by atoms with Gasteiger partial charge >= 0.3 is 12.0 Å². The van der Waals surface area contributed by atoms with Crippen LogP contribution in [0.3, 0.4) is 0 Å². The monoisotopic (exact) mass is 285 g/mol. The summed E-state index contributed by atoms with van der Waals surface area (Å²) in [6, 6.07) is 9.04. The molecule has 0 aliphatic heterocycles. The summed E-state index contributed by atoms with van der Waals surface area (Å²) >= 11 is 0. The zero-order chi connectivity index (χ0) is 15.1. The Hall–Kier alpha value is -2.88. The van der Waals surface area contributed by atoms with Gasteiger partial charge in [-0.15, -0.1) is 4.98 Å². The number of nitriles is 1. The summed E-state index contributed by atoms with van der Waals surface area (Å²) in [5.41, 5.74) is 0.556. The van der Waals surface area contributed by atoms with Crippen molar-refractivity contribution in [2.75, 3.05) is 19.0 Å². The highest BCUT2D eigenvalue weighted by Gasteiger charge is 2.08. The van der Waals surface area contributed by atoms with E-state index in [1.54, 1.807) is 31.3 Å². The molecular weight excluding hydrogens is 270 g/mol. The SMILES string of the molecule is CCCOc1nc(NC)nc(Oc2ccc(C#N)cc2)n1. The minimum atomic E-state index is 0.130. The van der Waals surface area contributed by atoms with Gasteiger partial charge in [0.05, 0.1) is 18.2 Å². The topological polar surface area (TPSA) is 93.0 Å². The number of rotatable bonds is 6. The van der Waals surface area contributed by atoms with Gasteiger partial charge in [-0.05, 0) is 30.7 Å². The second kappa shape index (κ2) is 7.05. The average Bonchev–Trinajstić information content (AvgIpc) is 2.53. The second-order valence-corrected chi connectivity index (χ2v) is 4.06. The standard InChI is InChI=1S/C14H15N5O2/c1-3-8-20-13-17-12(16-2)18-14(19-13)21-11-6-4-10(9-15)5-7-11/h4-7H,3,8H2,1-2H3,(H,16,17,18,19). The molecule has 2 rings (SSSR count). The molecule has 1 heterocycles. The van der Waals surface area contributed by atoms with Crippen molar-refractivity contribution in [2.45, 2.75) is 13.3 Å². The molecule has 0 atom stereocenters. The maximum absolute atomic E-state index is 8.76. The summed E-state index contributed by atoms with van der Waals surface area (Å²) in [6.07, 6.45) is 0.854. The molecule has 108 valence electrons. The van der Waals surface area contributed by atoms with E-state index >= 15 is 0 Å². The summed E-state index contributed by atoms with van der Waals surface area (Å²) in [5, 5.41) is 11.6. The van der Waals surface area contributed by atoms with E-state index in [1.807, 2.05) is 13.0 Å². The molecular formula is C14H15N5O2. The maximum Gasteiger partial charge on any atom is 0.330 e. The average molecular weight is 285 g/mol. The molecule has 1 aromatic heterocycles. The highest BCUT2D eigenvalue weighted by Crippen LogP contribution is 2.20. The van der Waals surface area contributed by atoms with Crippen LogP contribution in [0.25, 0.3) is 0 Å². The van der Waals surface area contributed by atoms with E-state index < -0.39 is 0 Å². The Morgan fingerprint density at radius 3 is 2.48 bits per heavy atom. The molecule has 7 heteroatoms. The molecule has 0 fully saturated rings. The summed E-state index contributed by atoms with van der Waals surface area (Å²) < 4.78 is 10.9. The fourth-order valence-electron chi connectivity index (χ4n) is 1.46. The third-order valence-corrected chi connectivity index (χ3v) is 2.45. The normalized spacial score (nSPS) is 9.76. The summed E-state index contributed by atoms with van der Waals surface area (Å²) in [6.45, 7) is 2.51. The van der Waals surface area contributed by atoms with Gasteiger partial charge in [-0.2, -0.15) is 15.2 Å². The van der Waals surface area contributed by atoms with Gasteiger partial charge in [0.2, 0.25) is 5.95 Å². The molecule has 2 aromatic rings. The summed E-state index contributed by atoms with van der Waals surface area (Å²) in [7, 11) is 1.70. The molecule has 0 amide bonds. The molecule has 0 unspecified atom stereocenters. The van der Waals surface area contributed by atoms with Crippen molar-refractivity contribution >= 4 is 5.95 Å². The van der Waals surface area contributed by atoms with E-state index in [1.165, 1.54) is 0 Å². The van der Waals surface area contributed by atoms with Gasteiger partial charge in [-0.25, -0.2) is 0 Å². The van der Waals surface area contributed by atoms with Crippen molar-refractivity contribution in [3.63, 3.8) is 0 Å². The first-order valence-electron chi connectivity index (χ1n) is 6.49. The van der Waals surface area contributed by atoms with Crippen molar-refractivity contribution < 1.29 is 9.47 Å². The van der Waals surface area contributed by atoms with Crippen molar-refractivity contribution in [2.24, 2.45) is 0 Å². The van der Waals surface area contributed by atoms with Crippen LogP contribution in [0.2, 0.25) is 0 Å². The second-order valence-electron chi connectivity index (χ2n) is 4.06. The Morgan fingerprint density at radius 2 is 1.86 bits per heavy atom. The van der Waals surface area contributed by atoms with Gasteiger partial charge in [0.25, 0.3) is 0 Å². The molecule has 0 aliphatic rings. The van der Waals surface area contributed by atoms with Crippen LogP contribution in [0.4, 0.5) is 5.95 Å².